The third kappa shape index (κ3) is 5.63. The average molecular weight is 521 g/mol. The summed E-state index contributed by atoms with van der Waals surface area (Å²) in [6.07, 6.45) is 6.41. The van der Waals surface area contributed by atoms with Crippen LogP contribution < -0.4 is 14.4 Å². The smallest absolute Gasteiger partial charge is 0.233 e. The molecular formula is C24H26Cl2N4O3S. The lowest BCUT2D eigenvalue weighted by molar-refractivity contribution is -0.118. The van der Waals surface area contributed by atoms with Crippen molar-refractivity contribution in [2.24, 2.45) is 0 Å². The van der Waals surface area contributed by atoms with E-state index in [-0.39, 0.29) is 24.7 Å². The molecule has 0 spiro atoms. The largest absolute Gasteiger partial charge is 0.493 e. The van der Waals surface area contributed by atoms with Gasteiger partial charge in [-0.3, -0.25) is 9.69 Å². The molecule has 0 aliphatic heterocycles. The molecule has 4 rings (SSSR count). The number of carbonyl (C=O) groups is 1. The Morgan fingerprint density at radius 3 is 2.65 bits per heavy atom. The maximum Gasteiger partial charge on any atom is 0.233 e. The van der Waals surface area contributed by atoms with Gasteiger partial charge in [-0.05, 0) is 42.7 Å². The first-order valence-electron chi connectivity index (χ1n) is 10.5. The van der Waals surface area contributed by atoms with Gasteiger partial charge < -0.3 is 14.0 Å². The van der Waals surface area contributed by atoms with E-state index in [0.717, 1.165) is 34.3 Å². The zero-order valence-corrected chi connectivity index (χ0v) is 21.5. The number of anilines is 1. The van der Waals surface area contributed by atoms with Crippen LogP contribution in [-0.4, -0.2) is 41.2 Å². The molecule has 7 nitrogen and oxygen atoms in total. The summed E-state index contributed by atoms with van der Waals surface area (Å²) in [6, 6.07) is 9.34. The molecule has 0 N–H and O–H groups in total. The van der Waals surface area contributed by atoms with Crippen molar-refractivity contribution >= 4 is 56.6 Å². The standard InChI is InChI=1S/C24H25ClN4O3S.ClH/c1-16-5-7-18(25)23-22(16)27-24(33-23)29(11-4-10-28-12-9-26-15-28)21(30)14-17-6-8-19(31-2)20(13-17)32-3;/h5-9,12-13,15H,4,10-11,14H2,1-3H3;1H. The van der Waals surface area contributed by atoms with Crippen molar-refractivity contribution < 1.29 is 14.3 Å². The Kier molecular flexibility index (Phi) is 8.77. The van der Waals surface area contributed by atoms with Crippen molar-refractivity contribution in [1.29, 1.82) is 0 Å². The molecule has 2 aromatic carbocycles. The molecule has 2 heterocycles. The first-order valence-corrected chi connectivity index (χ1v) is 11.7. The summed E-state index contributed by atoms with van der Waals surface area (Å²) in [5, 5.41) is 1.29. The molecule has 180 valence electrons. The molecule has 0 fully saturated rings. The van der Waals surface area contributed by atoms with Crippen LogP contribution in [0.2, 0.25) is 5.02 Å². The van der Waals surface area contributed by atoms with Gasteiger partial charge in [0.25, 0.3) is 0 Å². The zero-order chi connectivity index (χ0) is 23.4. The van der Waals surface area contributed by atoms with E-state index in [1.54, 1.807) is 31.6 Å². The molecular weight excluding hydrogens is 495 g/mol. The number of ether oxygens (including phenoxy) is 2. The van der Waals surface area contributed by atoms with E-state index in [9.17, 15) is 4.79 Å². The van der Waals surface area contributed by atoms with E-state index in [2.05, 4.69) is 4.98 Å². The van der Waals surface area contributed by atoms with Crippen LogP contribution in [0.1, 0.15) is 17.5 Å². The molecule has 0 saturated heterocycles. The van der Waals surface area contributed by atoms with Crippen LogP contribution in [0.15, 0.2) is 49.1 Å². The van der Waals surface area contributed by atoms with Gasteiger partial charge in [0.15, 0.2) is 16.6 Å². The number of nitrogens with zero attached hydrogens (tertiary/aromatic N) is 4. The molecule has 0 aliphatic carbocycles. The number of hydrogen-bond donors (Lipinski definition) is 0. The molecule has 0 saturated carbocycles. The lowest BCUT2D eigenvalue weighted by Gasteiger charge is -2.20. The molecule has 0 unspecified atom stereocenters. The highest BCUT2D eigenvalue weighted by molar-refractivity contribution is 7.23. The minimum atomic E-state index is -0.0410. The third-order valence-corrected chi connectivity index (χ3v) is 6.92. The Balaban J connectivity index is 0.00000324. The number of aryl methyl sites for hydroxylation is 2. The van der Waals surface area contributed by atoms with Gasteiger partial charge in [0, 0.05) is 25.5 Å². The second kappa shape index (κ2) is 11.6. The van der Waals surface area contributed by atoms with Crippen molar-refractivity contribution in [3.05, 3.63) is 65.2 Å². The lowest BCUT2D eigenvalue weighted by atomic mass is 10.1. The first kappa shape index (κ1) is 25.8. The van der Waals surface area contributed by atoms with Crippen molar-refractivity contribution in [3.63, 3.8) is 0 Å². The number of aromatic nitrogens is 3. The van der Waals surface area contributed by atoms with E-state index in [0.29, 0.717) is 28.2 Å². The second-order valence-corrected chi connectivity index (χ2v) is 8.99. The number of methoxy groups -OCH3 is 2. The normalized spacial score (nSPS) is 10.7. The predicted molar refractivity (Wildman–Crippen MR) is 139 cm³/mol. The minimum absolute atomic E-state index is 0. The van der Waals surface area contributed by atoms with Crippen molar-refractivity contribution in [1.82, 2.24) is 14.5 Å². The quantitative estimate of drug-likeness (QED) is 0.289. The fourth-order valence-corrected chi connectivity index (χ4v) is 4.98. The maximum atomic E-state index is 13.5. The van der Waals surface area contributed by atoms with Gasteiger partial charge in [-0.15, -0.1) is 12.4 Å². The fourth-order valence-electron chi connectivity index (χ4n) is 3.62. The number of imidazole rings is 1. The monoisotopic (exact) mass is 520 g/mol. The Hall–Kier alpha value is -2.81. The van der Waals surface area contributed by atoms with Crippen LogP contribution >= 0.6 is 35.3 Å². The van der Waals surface area contributed by atoms with E-state index >= 15 is 0 Å². The summed E-state index contributed by atoms with van der Waals surface area (Å²) in [5.41, 5.74) is 2.70. The summed E-state index contributed by atoms with van der Waals surface area (Å²) in [5.74, 6) is 1.18. The Labute approximate surface area is 213 Å². The highest BCUT2D eigenvalue weighted by Gasteiger charge is 2.22. The number of halogens is 2. The summed E-state index contributed by atoms with van der Waals surface area (Å²) in [4.78, 5) is 24.1. The van der Waals surface area contributed by atoms with Crippen LogP contribution in [0.5, 0.6) is 11.5 Å². The topological polar surface area (TPSA) is 69.5 Å². The number of amides is 1. The fraction of sp³-hybridized carbons (Fsp3) is 0.292. The minimum Gasteiger partial charge on any atom is -0.493 e. The Morgan fingerprint density at radius 1 is 1.18 bits per heavy atom. The molecule has 0 aliphatic rings. The van der Waals surface area contributed by atoms with Crippen molar-refractivity contribution in [2.75, 3.05) is 25.7 Å². The highest BCUT2D eigenvalue weighted by Crippen LogP contribution is 2.36. The number of fused-ring (bicyclic) bond motifs is 1. The highest BCUT2D eigenvalue weighted by atomic mass is 35.5. The average Bonchev–Trinajstić information content (AvgIpc) is 3.50. The Bertz CT molecular complexity index is 1220. The van der Waals surface area contributed by atoms with Gasteiger partial charge in [-0.1, -0.05) is 35.1 Å². The summed E-state index contributed by atoms with van der Waals surface area (Å²) in [6.45, 7) is 3.28. The van der Waals surface area contributed by atoms with Crippen LogP contribution in [0.3, 0.4) is 0 Å². The summed E-state index contributed by atoms with van der Waals surface area (Å²) in [7, 11) is 3.17. The van der Waals surface area contributed by atoms with Crippen LogP contribution in [0.25, 0.3) is 10.2 Å². The van der Waals surface area contributed by atoms with E-state index in [4.69, 9.17) is 26.1 Å². The van der Waals surface area contributed by atoms with Gasteiger partial charge in [0.05, 0.1) is 42.2 Å². The van der Waals surface area contributed by atoms with E-state index < -0.39 is 0 Å². The molecule has 1 amide bonds. The SMILES string of the molecule is COc1ccc(CC(=O)N(CCCn2ccnc2)c2nc3c(C)ccc(Cl)c3s2)cc1OC.Cl. The summed E-state index contributed by atoms with van der Waals surface area (Å²) < 4.78 is 13.6. The van der Waals surface area contributed by atoms with Crippen molar-refractivity contribution in [2.45, 2.75) is 26.3 Å². The number of thiazole rings is 1. The molecule has 0 bridgehead atoms. The van der Waals surface area contributed by atoms with Gasteiger partial charge in [0.1, 0.15) is 0 Å². The molecule has 10 heteroatoms. The third-order valence-electron chi connectivity index (χ3n) is 5.38. The summed E-state index contributed by atoms with van der Waals surface area (Å²) >= 11 is 7.87. The number of rotatable bonds is 9. The van der Waals surface area contributed by atoms with Crippen LogP contribution in [-0.2, 0) is 17.8 Å². The number of hydrogen-bond acceptors (Lipinski definition) is 6. The molecule has 2 aromatic heterocycles. The zero-order valence-electron chi connectivity index (χ0n) is 19.2. The predicted octanol–water partition coefficient (Wildman–Crippen LogP) is 5.56. The maximum absolute atomic E-state index is 13.5. The lowest BCUT2D eigenvalue weighted by Crippen LogP contribution is -2.33. The van der Waals surface area contributed by atoms with E-state index in [1.165, 1.54) is 11.3 Å². The van der Waals surface area contributed by atoms with Gasteiger partial charge >= 0.3 is 0 Å². The molecule has 0 atom stereocenters. The number of carbonyl (C=O) groups excluding carboxylic acids is 1. The molecule has 0 radical (unpaired) electrons. The first-order chi connectivity index (χ1) is 16.0. The van der Waals surface area contributed by atoms with Crippen LogP contribution in [0.4, 0.5) is 5.13 Å². The van der Waals surface area contributed by atoms with E-state index in [1.807, 2.05) is 48.0 Å². The van der Waals surface area contributed by atoms with Gasteiger partial charge in [-0.25, -0.2) is 9.97 Å². The molecule has 34 heavy (non-hydrogen) atoms. The molecule has 4 aromatic rings. The Morgan fingerprint density at radius 2 is 1.97 bits per heavy atom. The van der Waals surface area contributed by atoms with Crippen molar-refractivity contribution in [3.8, 4) is 11.5 Å². The van der Waals surface area contributed by atoms with Crippen LogP contribution in [0, 0.1) is 6.92 Å². The second-order valence-electron chi connectivity index (χ2n) is 7.60. The number of benzene rings is 2. The van der Waals surface area contributed by atoms with Gasteiger partial charge in [-0.2, -0.15) is 0 Å². The van der Waals surface area contributed by atoms with Gasteiger partial charge in [0.2, 0.25) is 5.91 Å².